The first-order valence-corrected chi connectivity index (χ1v) is 14.6. The standard InChI is InChI=1S/C30H44N4O/c1-20-5-7-24-21(15-20)6-8-26-25(24)9-11-30(2)27(28(35)19-34-14-10-23(17-31)32-34)16-22(29(26)30)18-33-12-3-4-13-33/h10,14,20-22,24-27,29H,3-9,11-13,15-16,18-19H2,1-2H3/t20-,21+,22-,24-,25+,26+,27+,29?,30+/m0/s1. The van der Waals surface area contributed by atoms with Crippen molar-refractivity contribution in [2.75, 3.05) is 19.6 Å². The molecule has 6 rings (SSSR count). The van der Waals surface area contributed by atoms with Crippen molar-refractivity contribution in [2.45, 2.75) is 84.6 Å². The van der Waals surface area contributed by atoms with Crippen molar-refractivity contribution in [2.24, 2.45) is 52.8 Å². The first kappa shape index (κ1) is 23.7. The van der Waals surface area contributed by atoms with Gasteiger partial charge in [-0.05, 0) is 124 Å². The van der Waals surface area contributed by atoms with Crippen molar-refractivity contribution in [3.05, 3.63) is 18.0 Å². The molecule has 5 nitrogen and oxygen atoms in total. The molecule has 0 N–H and O–H groups in total. The molecule has 5 fully saturated rings. The van der Waals surface area contributed by atoms with E-state index in [-0.39, 0.29) is 11.3 Å². The molecule has 4 aliphatic carbocycles. The molecule has 1 unspecified atom stereocenters. The number of rotatable bonds is 5. The molecule has 9 atom stereocenters. The second-order valence-corrected chi connectivity index (χ2v) is 13.4. The maximum Gasteiger partial charge on any atom is 0.162 e. The third-order valence-corrected chi connectivity index (χ3v) is 11.5. The van der Waals surface area contributed by atoms with Crippen LogP contribution in [-0.2, 0) is 11.3 Å². The molecule has 0 amide bonds. The minimum absolute atomic E-state index is 0.128. The highest BCUT2D eigenvalue weighted by Crippen LogP contribution is 2.66. The number of fused-ring (bicyclic) bond motifs is 5. The lowest BCUT2D eigenvalue weighted by atomic mass is 9.48. The highest BCUT2D eigenvalue weighted by molar-refractivity contribution is 5.82. The molecular formula is C30H44N4O. The Hall–Kier alpha value is -1.67. The van der Waals surface area contributed by atoms with Crippen LogP contribution in [0.4, 0.5) is 0 Å². The Balaban J connectivity index is 1.26. The summed E-state index contributed by atoms with van der Waals surface area (Å²) in [5, 5.41) is 13.5. The van der Waals surface area contributed by atoms with Gasteiger partial charge in [-0.3, -0.25) is 9.48 Å². The van der Waals surface area contributed by atoms with Crippen molar-refractivity contribution in [1.29, 1.82) is 5.26 Å². The number of nitriles is 1. The van der Waals surface area contributed by atoms with Crippen LogP contribution in [0, 0.1) is 64.1 Å². The second kappa shape index (κ2) is 9.33. The van der Waals surface area contributed by atoms with E-state index in [4.69, 9.17) is 5.26 Å². The van der Waals surface area contributed by atoms with Gasteiger partial charge in [0.2, 0.25) is 0 Å². The van der Waals surface area contributed by atoms with Crippen molar-refractivity contribution >= 4 is 5.78 Å². The van der Waals surface area contributed by atoms with Crippen LogP contribution in [0.2, 0.25) is 0 Å². The summed E-state index contributed by atoms with van der Waals surface area (Å²) in [7, 11) is 0. The van der Waals surface area contributed by atoms with Gasteiger partial charge in [-0.25, -0.2) is 0 Å². The van der Waals surface area contributed by atoms with E-state index in [1.807, 2.05) is 0 Å². The minimum Gasteiger partial charge on any atom is -0.303 e. The molecule has 0 bridgehead atoms. The zero-order valence-corrected chi connectivity index (χ0v) is 21.9. The zero-order chi connectivity index (χ0) is 24.2. The first-order chi connectivity index (χ1) is 17.0. The van der Waals surface area contributed by atoms with E-state index in [1.54, 1.807) is 16.9 Å². The topological polar surface area (TPSA) is 61.9 Å². The monoisotopic (exact) mass is 476 g/mol. The largest absolute Gasteiger partial charge is 0.303 e. The molecule has 5 aliphatic rings. The number of hydrogen-bond donors (Lipinski definition) is 0. The summed E-state index contributed by atoms with van der Waals surface area (Å²) in [6.45, 7) is 9.00. The maximum atomic E-state index is 13.8. The Labute approximate surface area is 211 Å². The Morgan fingerprint density at radius 1 is 1.11 bits per heavy atom. The number of carbonyl (C=O) groups excluding carboxylic acids is 1. The molecule has 1 aromatic rings. The van der Waals surface area contributed by atoms with Crippen LogP contribution in [0.5, 0.6) is 0 Å². The highest BCUT2D eigenvalue weighted by Gasteiger charge is 2.61. The highest BCUT2D eigenvalue weighted by atomic mass is 16.1. The van der Waals surface area contributed by atoms with Crippen LogP contribution in [0.15, 0.2) is 12.3 Å². The second-order valence-electron chi connectivity index (χ2n) is 13.4. The average Bonchev–Trinajstić information content (AvgIpc) is 3.58. The van der Waals surface area contributed by atoms with Gasteiger partial charge in [0.1, 0.15) is 6.07 Å². The first-order valence-electron chi connectivity index (χ1n) is 14.6. The SMILES string of the molecule is C[C@H]1CC[C@H]2[C@H](CC[C@H]3C4[C@H](CN5CCCC5)C[C@H](C(=O)Cn5ccc(C#N)n5)[C@@]4(C)CC[C@H]23)C1. The van der Waals surface area contributed by atoms with Gasteiger partial charge in [-0.1, -0.05) is 20.3 Å². The Kier molecular flexibility index (Phi) is 6.32. The number of aromatic nitrogens is 2. The fraction of sp³-hybridized carbons (Fsp3) is 0.833. The number of Topliss-reactive ketones (excluding diaryl/α,β-unsaturated/α-hetero) is 1. The molecule has 5 heteroatoms. The normalized spacial score (nSPS) is 43.2. The van der Waals surface area contributed by atoms with Gasteiger partial charge in [0.25, 0.3) is 0 Å². The molecule has 2 heterocycles. The summed E-state index contributed by atoms with van der Waals surface area (Å²) in [5.41, 5.74) is 0.530. The zero-order valence-electron chi connectivity index (χ0n) is 21.9. The predicted molar refractivity (Wildman–Crippen MR) is 136 cm³/mol. The molecule has 0 spiro atoms. The number of nitrogens with zero attached hydrogens (tertiary/aromatic N) is 4. The van der Waals surface area contributed by atoms with Gasteiger partial charge >= 0.3 is 0 Å². The van der Waals surface area contributed by atoms with E-state index in [2.05, 4.69) is 29.9 Å². The van der Waals surface area contributed by atoms with Gasteiger partial charge in [-0.2, -0.15) is 10.4 Å². The lowest BCUT2D eigenvalue weighted by molar-refractivity contribution is -0.131. The van der Waals surface area contributed by atoms with Crippen LogP contribution in [0.3, 0.4) is 0 Å². The third-order valence-electron chi connectivity index (χ3n) is 11.5. The summed E-state index contributed by atoms with van der Waals surface area (Å²) in [6, 6.07) is 3.82. The molecule has 0 aromatic carbocycles. The van der Waals surface area contributed by atoms with Gasteiger partial charge in [-0.15, -0.1) is 0 Å². The summed E-state index contributed by atoms with van der Waals surface area (Å²) >= 11 is 0. The van der Waals surface area contributed by atoms with E-state index in [1.165, 1.54) is 77.4 Å². The third kappa shape index (κ3) is 4.18. The van der Waals surface area contributed by atoms with Crippen LogP contribution >= 0.6 is 0 Å². The van der Waals surface area contributed by atoms with Crippen molar-refractivity contribution in [3.8, 4) is 6.07 Å². The molecule has 4 saturated carbocycles. The number of carbonyl (C=O) groups is 1. The lowest BCUT2D eigenvalue weighted by Crippen LogP contribution is -2.51. The van der Waals surface area contributed by atoms with Gasteiger partial charge in [0.05, 0.1) is 6.54 Å². The van der Waals surface area contributed by atoms with Crippen LogP contribution in [0.1, 0.15) is 83.7 Å². The van der Waals surface area contributed by atoms with E-state index in [0.717, 1.165) is 36.0 Å². The fourth-order valence-electron chi connectivity index (χ4n) is 10.1. The quantitative estimate of drug-likeness (QED) is 0.559. The summed E-state index contributed by atoms with van der Waals surface area (Å²) < 4.78 is 1.70. The average molecular weight is 477 g/mol. The van der Waals surface area contributed by atoms with E-state index in [0.29, 0.717) is 29.9 Å². The van der Waals surface area contributed by atoms with E-state index in [9.17, 15) is 4.79 Å². The molecule has 1 aromatic heterocycles. The summed E-state index contributed by atoms with van der Waals surface area (Å²) in [4.78, 5) is 16.5. The van der Waals surface area contributed by atoms with Crippen LogP contribution in [-0.4, -0.2) is 40.1 Å². The molecule has 35 heavy (non-hydrogen) atoms. The van der Waals surface area contributed by atoms with Crippen molar-refractivity contribution in [3.63, 3.8) is 0 Å². The Bertz CT molecular complexity index is 973. The smallest absolute Gasteiger partial charge is 0.162 e. The van der Waals surface area contributed by atoms with Crippen LogP contribution < -0.4 is 0 Å². The maximum absolute atomic E-state index is 13.8. The van der Waals surface area contributed by atoms with E-state index < -0.39 is 0 Å². The molecular weight excluding hydrogens is 432 g/mol. The lowest BCUT2D eigenvalue weighted by Gasteiger charge is -2.57. The molecule has 1 saturated heterocycles. The Morgan fingerprint density at radius 3 is 2.69 bits per heavy atom. The van der Waals surface area contributed by atoms with Crippen LogP contribution in [0.25, 0.3) is 0 Å². The molecule has 190 valence electrons. The Morgan fingerprint density at radius 2 is 1.91 bits per heavy atom. The molecule has 0 radical (unpaired) electrons. The van der Waals surface area contributed by atoms with Gasteiger partial charge in [0, 0.05) is 18.7 Å². The molecule has 1 aliphatic heterocycles. The number of hydrogen-bond acceptors (Lipinski definition) is 4. The summed E-state index contributed by atoms with van der Waals surface area (Å²) in [5.74, 6) is 6.41. The van der Waals surface area contributed by atoms with Gasteiger partial charge in [0.15, 0.2) is 11.5 Å². The van der Waals surface area contributed by atoms with Crippen molar-refractivity contribution in [1.82, 2.24) is 14.7 Å². The minimum atomic E-state index is 0.128. The van der Waals surface area contributed by atoms with E-state index >= 15 is 0 Å². The fourth-order valence-corrected chi connectivity index (χ4v) is 10.1. The van der Waals surface area contributed by atoms with Crippen molar-refractivity contribution < 1.29 is 4.79 Å². The van der Waals surface area contributed by atoms with Gasteiger partial charge < -0.3 is 4.90 Å². The predicted octanol–water partition coefficient (Wildman–Crippen LogP) is 5.55. The number of ketones is 1. The summed E-state index contributed by atoms with van der Waals surface area (Å²) in [6.07, 6.45) is 15.3. The number of likely N-dealkylation sites (tertiary alicyclic amines) is 1.